The van der Waals surface area contributed by atoms with Gasteiger partial charge in [-0.2, -0.15) is 0 Å². The topological polar surface area (TPSA) is 88.2 Å². The standard InChI is InChI=1S/C11H13N3O2S/c1-6(5-15)13-10(16)7-2-3-8-9(4-7)17-11(12)14-8/h2-4,6,15H,5H2,1H3,(H2,12,14)(H,13,16)/t6-/m1/s1. The van der Waals surface area contributed by atoms with Gasteiger partial charge in [-0.1, -0.05) is 11.3 Å². The second-order valence-electron chi connectivity index (χ2n) is 3.79. The smallest absolute Gasteiger partial charge is 0.251 e. The molecule has 0 spiro atoms. The third kappa shape index (κ3) is 2.54. The Labute approximate surface area is 102 Å². The van der Waals surface area contributed by atoms with Gasteiger partial charge in [0.1, 0.15) is 0 Å². The highest BCUT2D eigenvalue weighted by molar-refractivity contribution is 7.22. The summed E-state index contributed by atoms with van der Waals surface area (Å²) in [6.07, 6.45) is 0. The zero-order valence-electron chi connectivity index (χ0n) is 9.30. The van der Waals surface area contributed by atoms with Gasteiger partial charge in [0.15, 0.2) is 5.13 Å². The highest BCUT2D eigenvalue weighted by atomic mass is 32.1. The second-order valence-corrected chi connectivity index (χ2v) is 4.85. The van der Waals surface area contributed by atoms with Crippen LogP contribution in [0, 0.1) is 0 Å². The van der Waals surface area contributed by atoms with Crippen LogP contribution in [0.25, 0.3) is 10.2 Å². The largest absolute Gasteiger partial charge is 0.394 e. The molecule has 1 aromatic heterocycles. The predicted octanol–water partition coefficient (Wildman–Crippen LogP) is 0.989. The number of nitrogen functional groups attached to an aromatic ring is 1. The molecule has 0 fully saturated rings. The summed E-state index contributed by atoms with van der Waals surface area (Å²) < 4.78 is 0.881. The molecule has 1 heterocycles. The van der Waals surface area contributed by atoms with E-state index >= 15 is 0 Å². The molecule has 0 aliphatic carbocycles. The fourth-order valence-electron chi connectivity index (χ4n) is 1.44. The summed E-state index contributed by atoms with van der Waals surface area (Å²) in [7, 11) is 0. The zero-order valence-corrected chi connectivity index (χ0v) is 10.1. The van der Waals surface area contributed by atoms with Crippen molar-refractivity contribution in [2.45, 2.75) is 13.0 Å². The molecular formula is C11H13N3O2S. The van der Waals surface area contributed by atoms with Gasteiger partial charge in [-0.3, -0.25) is 4.79 Å². The van der Waals surface area contributed by atoms with Gasteiger partial charge in [-0.25, -0.2) is 4.98 Å². The van der Waals surface area contributed by atoms with E-state index in [-0.39, 0.29) is 18.6 Å². The Hall–Kier alpha value is -1.66. The lowest BCUT2D eigenvalue weighted by molar-refractivity contribution is 0.0922. The molecule has 0 saturated carbocycles. The highest BCUT2D eigenvalue weighted by Crippen LogP contribution is 2.24. The van der Waals surface area contributed by atoms with Crippen molar-refractivity contribution in [1.29, 1.82) is 0 Å². The molecule has 0 radical (unpaired) electrons. The van der Waals surface area contributed by atoms with Crippen LogP contribution < -0.4 is 11.1 Å². The van der Waals surface area contributed by atoms with Gasteiger partial charge in [0.25, 0.3) is 5.91 Å². The van der Waals surface area contributed by atoms with Crippen molar-refractivity contribution in [2.24, 2.45) is 0 Å². The minimum atomic E-state index is -0.260. The van der Waals surface area contributed by atoms with E-state index in [2.05, 4.69) is 10.3 Å². The number of thiazole rings is 1. The molecule has 0 aliphatic heterocycles. The quantitative estimate of drug-likeness (QED) is 0.759. The van der Waals surface area contributed by atoms with E-state index in [0.717, 1.165) is 10.2 Å². The summed E-state index contributed by atoms with van der Waals surface area (Å²) in [5, 5.41) is 12.0. The van der Waals surface area contributed by atoms with Gasteiger partial charge in [-0.05, 0) is 25.1 Å². The number of nitrogens with two attached hydrogens (primary N) is 1. The molecule has 0 bridgehead atoms. The molecule has 0 aliphatic rings. The Bertz CT molecular complexity index is 553. The molecule has 1 aromatic carbocycles. The third-order valence-electron chi connectivity index (χ3n) is 2.32. The second kappa shape index (κ2) is 4.68. The van der Waals surface area contributed by atoms with Crippen LogP contribution in [0.3, 0.4) is 0 Å². The summed E-state index contributed by atoms with van der Waals surface area (Å²) in [4.78, 5) is 15.9. The number of hydrogen-bond acceptors (Lipinski definition) is 5. The number of aliphatic hydroxyl groups is 1. The number of amides is 1. The van der Waals surface area contributed by atoms with E-state index in [1.165, 1.54) is 11.3 Å². The van der Waals surface area contributed by atoms with E-state index in [9.17, 15) is 4.79 Å². The van der Waals surface area contributed by atoms with Crippen molar-refractivity contribution < 1.29 is 9.90 Å². The summed E-state index contributed by atoms with van der Waals surface area (Å²) in [6.45, 7) is 1.66. The van der Waals surface area contributed by atoms with Gasteiger partial charge >= 0.3 is 0 Å². The molecule has 0 unspecified atom stereocenters. The van der Waals surface area contributed by atoms with Crippen LogP contribution in [0.15, 0.2) is 18.2 Å². The third-order valence-corrected chi connectivity index (χ3v) is 3.17. The average molecular weight is 251 g/mol. The van der Waals surface area contributed by atoms with Crippen LogP contribution in [0.2, 0.25) is 0 Å². The fraction of sp³-hybridized carbons (Fsp3) is 0.273. The Balaban J connectivity index is 2.26. The lowest BCUT2D eigenvalue weighted by Crippen LogP contribution is -2.34. The van der Waals surface area contributed by atoms with Crippen molar-refractivity contribution in [2.75, 3.05) is 12.3 Å². The first kappa shape index (κ1) is 11.8. The first-order valence-corrected chi connectivity index (χ1v) is 5.99. The summed E-state index contributed by atoms with van der Waals surface area (Å²) in [5.41, 5.74) is 6.93. The van der Waals surface area contributed by atoms with Gasteiger partial charge < -0.3 is 16.2 Å². The molecule has 6 heteroatoms. The minimum Gasteiger partial charge on any atom is -0.394 e. The van der Waals surface area contributed by atoms with Crippen LogP contribution in [0.4, 0.5) is 5.13 Å². The van der Waals surface area contributed by atoms with Gasteiger partial charge in [-0.15, -0.1) is 0 Å². The van der Waals surface area contributed by atoms with Gasteiger partial charge in [0, 0.05) is 11.6 Å². The number of fused-ring (bicyclic) bond motifs is 1. The van der Waals surface area contributed by atoms with Crippen molar-refractivity contribution in [3.8, 4) is 0 Å². The van der Waals surface area contributed by atoms with Crippen LogP contribution in [0.5, 0.6) is 0 Å². The van der Waals surface area contributed by atoms with Crippen LogP contribution in [-0.2, 0) is 0 Å². The lowest BCUT2D eigenvalue weighted by Gasteiger charge is -2.10. The average Bonchev–Trinajstić information content (AvgIpc) is 2.67. The van der Waals surface area contributed by atoms with Crippen LogP contribution in [0.1, 0.15) is 17.3 Å². The number of rotatable bonds is 3. The maximum Gasteiger partial charge on any atom is 0.251 e. The van der Waals surface area contributed by atoms with E-state index < -0.39 is 0 Å². The van der Waals surface area contributed by atoms with Gasteiger partial charge in [0.2, 0.25) is 0 Å². The number of aliphatic hydroxyl groups excluding tert-OH is 1. The molecule has 1 amide bonds. The number of nitrogens with zero attached hydrogens (tertiary/aromatic N) is 1. The van der Waals surface area contributed by atoms with Crippen LogP contribution >= 0.6 is 11.3 Å². The number of aromatic nitrogens is 1. The lowest BCUT2D eigenvalue weighted by atomic mass is 10.2. The summed E-state index contributed by atoms with van der Waals surface area (Å²) >= 11 is 1.35. The number of carbonyl (C=O) groups excluding carboxylic acids is 1. The summed E-state index contributed by atoms with van der Waals surface area (Å²) in [5.74, 6) is -0.208. The number of anilines is 1. The molecular weight excluding hydrogens is 238 g/mol. The fourth-order valence-corrected chi connectivity index (χ4v) is 2.21. The van der Waals surface area contributed by atoms with E-state index in [4.69, 9.17) is 10.8 Å². The molecule has 90 valence electrons. The van der Waals surface area contributed by atoms with E-state index in [0.29, 0.717) is 10.7 Å². The minimum absolute atomic E-state index is 0.0819. The molecule has 2 rings (SSSR count). The maximum atomic E-state index is 11.8. The molecule has 1 atom stereocenters. The Morgan fingerprint density at radius 2 is 2.41 bits per heavy atom. The Morgan fingerprint density at radius 3 is 3.12 bits per heavy atom. The Morgan fingerprint density at radius 1 is 1.65 bits per heavy atom. The number of carbonyl (C=O) groups is 1. The molecule has 17 heavy (non-hydrogen) atoms. The first-order chi connectivity index (χ1) is 8.10. The SMILES string of the molecule is C[C@H](CO)NC(=O)c1ccc2nc(N)sc2c1. The van der Waals surface area contributed by atoms with E-state index in [1.54, 1.807) is 25.1 Å². The zero-order chi connectivity index (χ0) is 12.4. The monoisotopic (exact) mass is 251 g/mol. The van der Waals surface area contributed by atoms with Gasteiger partial charge in [0.05, 0.1) is 16.8 Å². The normalized spacial score (nSPS) is 12.6. The van der Waals surface area contributed by atoms with E-state index in [1.807, 2.05) is 0 Å². The van der Waals surface area contributed by atoms with Crippen molar-refractivity contribution in [1.82, 2.24) is 10.3 Å². The van der Waals surface area contributed by atoms with Crippen LogP contribution in [-0.4, -0.2) is 28.6 Å². The Kier molecular flexibility index (Phi) is 3.26. The maximum absolute atomic E-state index is 11.8. The van der Waals surface area contributed by atoms with Crippen molar-refractivity contribution >= 4 is 32.6 Å². The van der Waals surface area contributed by atoms with Crippen molar-refractivity contribution in [3.63, 3.8) is 0 Å². The first-order valence-electron chi connectivity index (χ1n) is 5.18. The molecule has 2 aromatic rings. The number of hydrogen-bond donors (Lipinski definition) is 3. The molecule has 5 nitrogen and oxygen atoms in total. The van der Waals surface area contributed by atoms with Crippen molar-refractivity contribution in [3.05, 3.63) is 23.8 Å². The summed E-state index contributed by atoms with van der Waals surface area (Å²) in [6, 6.07) is 4.95. The number of nitrogens with one attached hydrogen (secondary N) is 1. The predicted molar refractivity (Wildman–Crippen MR) is 68.0 cm³/mol. The number of benzene rings is 1. The highest BCUT2D eigenvalue weighted by Gasteiger charge is 2.10. The molecule has 4 N–H and O–H groups in total. The molecule has 0 saturated heterocycles.